The molecule has 4 nitrogen and oxygen atoms in total. The lowest BCUT2D eigenvalue weighted by Crippen LogP contribution is -2.29. The number of aromatic nitrogens is 2. The second-order valence-corrected chi connectivity index (χ2v) is 4.78. The molecule has 0 aliphatic heterocycles. The number of imidazole rings is 1. The molecular formula is C14H21N3O. The van der Waals surface area contributed by atoms with E-state index in [4.69, 9.17) is 0 Å². The van der Waals surface area contributed by atoms with E-state index in [1.165, 1.54) is 11.1 Å². The zero-order valence-corrected chi connectivity index (χ0v) is 11.3. The smallest absolute Gasteiger partial charge is 0.0959 e. The van der Waals surface area contributed by atoms with E-state index in [0.29, 0.717) is 13.1 Å². The van der Waals surface area contributed by atoms with Crippen LogP contribution in [0.2, 0.25) is 0 Å². The van der Waals surface area contributed by atoms with Gasteiger partial charge in [-0.2, -0.15) is 0 Å². The summed E-state index contributed by atoms with van der Waals surface area (Å²) in [7, 11) is 0. The first-order chi connectivity index (χ1) is 8.61. The molecule has 1 unspecified atom stereocenters. The van der Waals surface area contributed by atoms with Gasteiger partial charge >= 0.3 is 0 Å². The monoisotopic (exact) mass is 247 g/mol. The standard InChI is InChI=1S/C14H21N3O/c1-4-15-7-12(18)8-17-9-16-13-5-10(2)11(3)6-14(13)17/h5-6,9,12,15,18H,4,7-8H2,1-3H3. The summed E-state index contributed by atoms with van der Waals surface area (Å²) in [5.74, 6) is 0. The van der Waals surface area contributed by atoms with Crippen molar-refractivity contribution in [3.05, 3.63) is 29.6 Å². The molecule has 1 heterocycles. The maximum atomic E-state index is 9.92. The average molecular weight is 247 g/mol. The Morgan fingerprint density at radius 2 is 2.06 bits per heavy atom. The number of aryl methyl sites for hydroxylation is 2. The highest BCUT2D eigenvalue weighted by atomic mass is 16.3. The number of aliphatic hydroxyl groups excluding tert-OH is 1. The summed E-state index contributed by atoms with van der Waals surface area (Å²) in [6.07, 6.45) is 1.42. The van der Waals surface area contributed by atoms with E-state index in [1.807, 2.05) is 11.5 Å². The SMILES string of the molecule is CCNCC(O)Cn1cnc2cc(C)c(C)cc21. The van der Waals surface area contributed by atoms with E-state index in [1.54, 1.807) is 6.33 Å². The molecular weight excluding hydrogens is 226 g/mol. The van der Waals surface area contributed by atoms with Gasteiger partial charge in [0.25, 0.3) is 0 Å². The van der Waals surface area contributed by atoms with Gasteiger partial charge in [-0.15, -0.1) is 0 Å². The quantitative estimate of drug-likeness (QED) is 0.844. The lowest BCUT2D eigenvalue weighted by molar-refractivity contribution is 0.153. The molecule has 0 aliphatic rings. The Kier molecular flexibility index (Phi) is 3.99. The Morgan fingerprint density at radius 3 is 2.78 bits per heavy atom. The molecule has 1 aromatic heterocycles. The normalized spacial score (nSPS) is 13.1. The maximum absolute atomic E-state index is 9.92. The third-order valence-corrected chi connectivity index (χ3v) is 3.27. The Morgan fingerprint density at radius 1 is 1.33 bits per heavy atom. The van der Waals surface area contributed by atoms with Crippen molar-refractivity contribution in [2.45, 2.75) is 33.4 Å². The van der Waals surface area contributed by atoms with Crippen LogP contribution in [0.3, 0.4) is 0 Å². The van der Waals surface area contributed by atoms with Gasteiger partial charge in [-0.25, -0.2) is 4.98 Å². The first-order valence-corrected chi connectivity index (χ1v) is 6.42. The topological polar surface area (TPSA) is 50.1 Å². The molecule has 0 fully saturated rings. The van der Waals surface area contributed by atoms with Gasteiger partial charge in [-0.05, 0) is 43.7 Å². The van der Waals surface area contributed by atoms with Crippen LogP contribution in [0.5, 0.6) is 0 Å². The van der Waals surface area contributed by atoms with Crippen LogP contribution in [0.25, 0.3) is 11.0 Å². The predicted molar refractivity (Wildman–Crippen MR) is 73.8 cm³/mol. The minimum Gasteiger partial charge on any atom is -0.390 e. The number of likely N-dealkylation sites (N-methyl/N-ethyl adjacent to an activating group) is 1. The highest BCUT2D eigenvalue weighted by Crippen LogP contribution is 2.18. The summed E-state index contributed by atoms with van der Waals surface area (Å²) < 4.78 is 2.02. The van der Waals surface area contributed by atoms with Crippen LogP contribution >= 0.6 is 0 Å². The molecule has 0 spiro atoms. The number of nitrogens with zero attached hydrogens (tertiary/aromatic N) is 2. The molecule has 18 heavy (non-hydrogen) atoms. The molecule has 2 N–H and O–H groups in total. The molecule has 1 atom stereocenters. The summed E-state index contributed by atoms with van der Waals surface area (Å²) in [6, 6.07) is 4.23. The molecule has 4 heteroatoms. The lowest BCUT2D eigenvalue weighted by Gasteiger charge is -2.12. The van der Waals surface area contributed by atoms with Crippen molar-refractivity contribution in [2.75, 3.05) is 13.1 Å². The van der Waals surface area contributed by atoms with Gasteiger partial charge < -0.3 is 15.0 Å². The van der Waals surface area contributed by atoms with Gasteiger partial charge in [0.1, 0.15) is 0 Å². The largest absolute Gasteiger partial charge is 0.390 e. The number of nitrogens with one attached hydrogen (secondary N) is 1. The van der Waals surface area contributed by atoms with Gasteiger partial charge in [-0.1, -0.05) is 6.92 Å². The van der Waals surface area contributed by atoms with Crippen LogP contribution in [0.4, 0.5) is 0 Å². The molecule has 98 valence electrons. The maximum Gasteiger partial charge on any atom is 0.0959 e. The minimum absolute atomic E-state index is 0.385. The zero-order chi connectivity index (χ0) is 13.1. The Balaban J connectivity index is 2.21. The fourth-order valence-electron chi connectivity index (χ4n) is 2.06. The zero-order valence-electron chi connectivity index (χ0n) is 11.3. The molecule has 2 aromatic rings. The number of rotatable bonds is 5. The van der Waals surface area contributed by atoms with E-state index in [9.17, 15) is 5.11 Å². The van der Waals surface area contributed by atoms with Crippen molar-refractivity contribution in [1.82, 2.24) is 14.9 Å². The number of fused-ring (bicyclic) bond motifs is 1. The van der Waals surface area contributed by atoms with Crippen molar-refractivity contribution < 1.29 is 5.11 Å². The third-order valence-electron chi connectivity index (χ3n) is 3.27. The predicted octanol–water partition coefficient (Wildman–Crippen LogP) is 1.62. The van der Waals surface area contributed by atoms with E-state index in [2.05, 4.69) is 36.3 Å². The lowest BCUT2D eigenvalue weighted by atomic mass is 10.1. The number of hydrogen-bond acceptors (Lipinski definition) is 3. The molecule has 2 rings (SSSR count). The van der Waals surface area contributed by atoms with Crippen molar-refractivity contribution >= 4 is 11.0 Å². The number of hydrogen-bond donors (Lipinski definition) is 2. The third kappa shape index (κ3) is 2.71. The molecule has 0 radical (unpaired) electrons. The van der Waals surface area contributed by atoms with Crippen molar-refractivity contribution in [2.24, 2.45) is 0 Å². The molecule has 0 saturated heterocycles. The van der Waals surface area contributed by atoms with E-state index in [0.717, 1.165) is 17.6 Å². The van der Waals surface area contributed by atoms with Crippen LogP contribution in [0, 0.1) is 13.8 Å². The Hall–Kier alpha value is -1.39. The number of aliphatic hydroxyl groups is 1. The molecule has 0 bridgehead atoms. The van der Waals surface area contributed by atoms with Gasteiger partial charge in [-0.3, -0.25) is 0 Å². The van der Waals surface area contributed by atoms with Crippen molar-refractivity contribution in [3.63, 3.8) is 0 Å². The van der Waals surface area contributed by atoms with Crippen LogP contribution in [0.15, 0.2) is 18.5 Å². The van der Waals surface area contributed by atoms with Gasteiger partial charge in [0.15, 0.2) is 0 Å². The summed E-state index contributed by atoms with van der Waals surface area (Å²) in [5, 5.41) is 13.1. The summed E-state index contributed by atoms with van der Waals surface area (Å²) >= 11 is 0. The summed E-state index contributed by atoms with van der Waals surface area (Å²) in [4.78, 5) is 4.39. The first-order valence-electron chi connectivity index (χ1n) is 6.42. The van der Waals surface area contributed by atoms with Crippen LogP contribution in [-0.2, 0) is 6.54 Å². The van der Waals surface area contributed by atoms with Crippen molar-refractivity contribution in [1.29, 1.82) is 0 Å². The second-order valence-electron chi connectivity index (χ2n) is 4.78. The van der Waals surface area contributed by atoms with Gasteiger partial charge in [0.2, 0.25) is 0 Å². The fraction of sp³-hybridized carbons (Fsp3) is 0.500. The highest BCUT2D eigenvalue weighted by molar-refractivity contribution is 5.77. The van der Waals surface area contributed by atoms with E-state index in [-0.39, 0.29) is 6.10 Å². The van der Waals surface area contributed by atoms with Crippen molar-refractivity contribution in [3.8, 4) is 0 Å². The summed E-state index contributed by atoms with van der Waals surface area (Å²) in [5.41, 5.74) is 4.59. The second kappa shape index (κ2) is 5.50. The Labute approximate surface area is 108 Å². The highest BCUT2D eigenvalue weighted by Gasteiger charge is 2.09. The summed E-state index contributed by atoms with van der Waals surface area (Å²) in [6.45, 7) is 8.29. The van der Waals surface area contributed by atoms with Crippen LogP contribution in [0.1, 0.15) is 18.1 Å². The molecule has 0 aliphatic carbocycles. The number of benzene rings is 1. The van der Waals surface area contributed by atoms with Crippen LogP contribution < -0.4 is 5.32 Å². The van der Waals surface area contributed by atoms with Gasteiger partial charge in [0.05, 0.1) is 30.0 Å². The average Bonchev–Trinajstić information content (AvgIpc) is 2.70. The van der Waals surface area contributed by atoms with Crippen LogP contribution in [-0.4, -0.2) is 33.9 Å². The minimum atomic E-state index is -0.385. The first kappa shape index (κ1) is 13.1. The molecule has 1 aromatic carbocycles. The van der Waals surface area contributed by atoms with E-state index >= 15 is 0 Å². The Bertz CT molecular complexity index is 533. The van der Waals surface area contributed by atoms with E-state index < -0.39 is 0 Å². The van der Waals surface area contributed by atoms with Gasteiger partial charge in [0, 0.05) is 6.54 Å². The fourth-order valence-corrected chi connectivity index (χ4v) is 2.06. The molecule has 0 amide bonds. The molecule has 0 saturated carbocycles.